The summed E-state index contributed by atoms with van der Waals surface area (Å²) in [6, 6.07) is 5.10. The molecule has 1 aromatic rings. The molecule has 0 saturated heterocycles. The molecule has 5 nitrogen and oxygen atoms in total. The van der Waals surface area contributed by atoms with E-state index in [0.29, 0.717) is 16.7 Å². The van der Waals surface area contributed by atoms with Crippen LogP contribution in [0.15, 0.2) is 18.2 Å². The number of nitrogens with one attached hydrogen (secondary N) is 1. The molecule has 1 amide bonds. The fourth-order valence-corrected chi connectivity index (χ4v) is 1.47. The summed E-state index contributed by atoms with van der Waals surface area (Å²) in [7, 11) is 1.25. The summed E-state index contributed by atoms with van der Waals surface area (Å²) in [5.41, 5.74) is 1.80. The van der Waals surface area contributed by atoms with Crippen LogP contribution >= 0.6 is 0 Å². The van der Waals surface area contributed by atoms with Crippen LogP contribution in [-0.4, -0.2) is 37.2 Å². The van der Waals surface area contributed by atoms with Crippen molar-refractivity contribution in [1.29, 1.82) is 0 Å². The quantitative estimate of drug-likeness (QED) is 0.604. The summed E-state index contributed by atoms with van der Waals surface area (Å²) in [4.78, 5) is 22.8. The van der Waals surface area contributed by atoms with E-state index in [1.54, 1.807) is 25.1 Å². The number of aliphatic hydroxyl groups is 1. The van der Waals surface area contributed by atoms with Gasteiger partial charge in [0.15, 0.2) is 0 Å². The minimum Gasteiger partial charge on any atom is -0.468 e. The standard InChI is InChI=1S/C14H15NO4/c1-10-11(6-4-8-16)5-3-7-12(10)14(18)15-9-13(17)19-2/h3,5,7,16H,8-9H2,1-2H3,(H,15,18). The zero-order valence-electron chi connectivity index (χ0n) is 10.8. The summed E-state index contributed by atoms with van der Waals surface area (Å²) in [6.07, 6.45) is 0. The molecule has 0 unspecified atom stereocenters. The van der Waals surface area contributed by atoms with Gasteiger partial charge in [0.25, 0.3) is 5.91 Å². The van der Waals surface area contributed by atoms with Gasteiger partial charge in [0, 0.05) is 11.1 Å². The lowest BCUT2D eigenvalue weighted by Crippen LogP contribution is -2.30. The molecule has 19 heavy (non-hydrogen) atoms. The first-order valence-electron chi connectivity index (χ1n) is 5.64. The lowest BCUT2D eigenvalue weighted by Gasteiger charge is -2.08. The van der Waals surface area contributed by atoms with Crippen LogP contribution in [0.3, 0.4) is 0 Å². The van der Waals surface area contributed by atoms with Gasteiger partial charge in [-0.25, -0.2) is 0 Å². The van der Waals surface area contributed by atoms with Gasteiger partial charge in [-0.15, -0.1) is 0 Å². The van der Waals surface area contributed by atoms with Crippen molar-refractivity contribution in [3.05, 3.63) is 34.9 Å². The van der Waals surface area contributed by atoms with E-state index in [2.05, 4.69) is 21.9 Å². The molecule has 1 aromatic carbocycles. The molecule has 0 heterocycles. The molecular weight excluding hydrogens is 246 g/mol. The van der Waals surface area contributed by atoms with Crippen LogP contribution in [0.5, 0.6) is 0 Å². The molecule has 100 valence electrons. The minimum absolute atomic E-state index is 0.179. The zero-order valence-corrected chi connectivity index (χ0v) is 10.8. The van der Waals surface area contributed by atoms with Gasteiger partial charge in [-0.2, -0.15) is 0 Å². The molecule has 0 aromatic heterocycles. The lowest BCUT2D eigenvalue weighted by molar-refractivity contribution is -0.139. The van der Waals surface area contributed by atoms with Crippen LogP contribution in [0.2, 0.25) is 0 Å². The molecular formula is C14H15NO4. The molecule has 0 spiro atoms. The van der Waals surface area contributed by atoms with Gasteiger partial charge in [0.1, 0.15) is 13.2 Å². The Morgan fingerprint density at radius 2 is 2.16 bits per heavy atom. The molecule has 1 rings (SSSR count). The molecule has 0 saturated carbocycles. The molecule has 0 aliphatic carbocycles. The van der Waals surface area contributed by atoms with Gasteiger partial charge >= 0.3 is 5.97 Å². The minimum atomic E-state index is -0.512. The number of aliphatic hydroxyl groups excluding tert-OH is 1. The molecule has 0 radical (unpaired) electrons. The van der Waals surface area contributed by atoms with Crippen molar-refractivity contribution in [3.63, 3.8) is 0 Å². The third-order valence-corrected chi connectivity index (χ3v) is 2.50. The first-order chi connectivity index (χ1) is 9.10. The maximum atomic E-state index is 11.9. The van der Waals surface area contributed by atoms with Crippen molar-refractivity contribution in [2.75, 3.05) is 20.3 Å². The number of carbonyl (C=O) groups is 2. The van der Waals surface area contributed by atoms with E-state index in [1.807, 2.05) is 0 Å². The number of ether oxygens (including phenoxy) is 1. The molecule has 0 bridgehead atoms. The van der Waals surface area contributed by atoms with Gasteiger partial charge in [0.2, 0.25) is 0 Å². The van der Waals surface area contributed by atoms with E-state index < -0.39 is 5.97 Å². The van der Waals surface area contributed by atoms with Crippen molar-refractivity contribution in [1.82, 2.24) is 5.32 Å². The largest absolute Gasteiger partial charge is 0.468 e. The molecule has 2 N–H and O–H groups in total. The highest BCUT2D eigenvalue weighted by Gasteiger charge is 2.12. The van der Waals surface area contributed by atoms with Gasteiger partial charge in [0.05, 0.1) is 7.11 Å². The van der Waals surface area contributed by atoms with Crippen LogP contribution in [0.4, 0.5) is 0 Å². The highest BCUT2D eigenvalue weighted by atomic mass is 16.5. The highest BCUT2D eigenvalue weighted by Crippen LogP contribution is 2.12. The van der Waals surface area contributed by atoms with E-state index in [0.717, 1.165) is 0 Å². The van der Waals surface area contributed by atoms with Crippen molar-refractivity contribution in [2.24, 2.45) is 0 Å². The maximum absolute atomic E-state index is 11.9. The number of benzene rings is 1. The van der Waals surface area contributed by atoms with E-state index >= 15 is 0 Å². The van der Waals surface area contributed by atoms with Crippen molar-refractivity contribution in [3.8, 4) is 11.8 Å². The third kappa shape index (κ3) is 4.12. The first kappa shape index (κ1) is 14.7. The van der Waals surface area contributed by atoms with Crippen LogP contribution in [0.1, 0.15) is 21.5 Å². The molecule has 0 fully saturated rings. The van der Waals surface area contributed by atoms with E-state index in [-0.39, 0.29) is 19.1 Å². The highest BCUT2D eigenvalue weighted by molar-refractivity contribution is 5.97. The normalized spacial score (nSPS) is 9.21. The van der Waals surface area contributed by atoms with Gasteiger partial charge in [-0.05, 0) is 24.6 Å². The van der Waals surface area contributed by atoms with Crippen LogP contribution in [-0.2, 0) is 9.53 Å². The molecule has 0 atom stereocenters. The van der Waals surface area contributed by atoms with Crippen molar-refractivity contribution in [2.45, 2.75) is 6.92 Å². The number of rotatable bonds is 3. The second-order valence-corrected chi connectivity index (χ2v) is 3.70. The monoisotopic (exact) mass is 261 g/mol. The maximum Gasteiger partial charge on any atom is 0.325 e. The number of esters is 1. The predicted molar refractivity (Wildman–Crippen MR) is 69.5 cm³/mol. The van der Waals surface area contributed by atoms with E-state index in [9.17, 15) is 9.59 Å². The Morgan fingerprint density at radius 1 is 1.42 bits per heavy atom. The van der Waals surface area contributed by atoms with Gasteiger partial charge < -0.3 is 15.2 Å². The average molecular weight is 261 g/mol. The average Bonchev–Trinajstić information content (AvgIpc) is 2.43. The summed E-state index contributed by atoms with van der Waals surface area (Å²) in [5, 5.41) is 11.1. The molecule has 0 aliphatic heterocycles. The smallest absolute Gasteiger partial charge is 0.325 e. The summed E-state index contributed by atoms with van der Waals surface area (Å²) >= 11 is 0. The summed E-state index contributed by atoms with van der Waals surface area (Å²) in [5.74, 6) is 4.42. The number of carbonyl (C=O) groups excluding carboxylic acids is 2. The first-order valence-corrected chi connectivity index (χ1v) is 5.64. The number of hydrogen-bond donors (Lipinski definition) is 2. The fourth-order valence-electron chi connectivity index (χ4n) is 1.47. The van der Waals surface area contributed by atoms with Crippen LogP contribution in [0.25, 0.3) is 0 Å². The second-order valence-electron chi connectivity index (χ2n) is 3.70. The molecule has 0 aliphatic rings. The number of hydrogen-bond acceptors (Lipinski definition) is 4. The van der Waals surface area contributed by atoms with Crippen molar-refractivity contribution >= 4 is 11.9 Å². The fraction of sp³-hybridized carbons (Fsp3) is 0.286. The Balaban J connectivity index is 2.89. The Bertz CT molecular complexity index is 540. The second kappa shape index (κ2) is 7.19. The topological polar surface area (TPSA) is 75.6 Å². The number of methoxy groups -OCH3 is 1. The van der Waals surface area contributed by atoms with Crippen LogP contribution < -0.4 is 5.32 Å². The number of amides is 1. The Kier molecular flexibility index (Phi) is 5.58. The summed E-state index contributed by atoms with van der Waals surface area (Å²) < 4.78 is 4.44. The van der Waals surface area contributed by atoms with Crippen LogP contribution in [0, 0.1) is 18.8 Å². The predicted octanol–water partition coefficient (Wildman–Crippen LogP) is 0.242. The Labute approximate surface area is 111 Å². The SMILES string of the molecule is COC(=O)CNC(=O)c1cccc(C#CCO)c1C. The van der Waals surface area contributed by atoms with E-state index in [1.165, 1.54) is 7.11 Å². The van der Waals surface area contributed by atoms with E-state index in [4.69, 9.17) is 5.11 Å². The van der Waals surface area contributed by atoms with Gasteiger partial charge in [-0.1, -0.05) is 17.9 Å². The van der Waals surface area contributed by atoms with Crippen molar-refractivity contribution < 1.29 is 19.4 Å². The Hall–Kier alpha value is -2.32. The molecule has 5 heteroatoms. The summed E-state index contributed by atoms with van der Waals surface area (Å²) in [6.45, 7) is 1.34. The third-order valence-electron chi connectivity index (χ3n) is 2.50. The Morgan fingerprint density at radius 3 is 2.79 bits per heavy atom. The zero-order chi connectivity index (χ0) is 14.3. The lowest BCUT2D eigenvalue weighted by atomic mass is 10.0. The van der Waals surface area contributed by atoms with Gasteiger partial charge in [-0.3, -0.25) is 9.59 Å².